The van der Waals surface area contributed by atoms with Crippen LogP contribution in [0.1, 0.15) is 322 Å². The summed E-state index contributed by atoms with van der Waals surface area (Å²) >= 11 is 0. The Bertz CT molecular complexity index is 955. The summed E-state index contributed by atoms with van der Waals surface area (Å²) in [5.74, 6) is -0.0988. The number of amides is 1. The molecule has 3 N–H and O–H groups in total. The Labute approximate surface area is 399 Å². The molecule has 0 saturated heterocycles. The molecular weight excluding hydrogens is 791 g/mol. The lowest BCUT2D eigenvalue weighted by Gasteiger charge is -2.22. The first kappa shape index (κ1) is 62.6. The molecule has 0 saturated carbocycles. The first-order valence-corrected chi connectivity index (χ1v) is 28.9. The van der Waals surface area contributed by atoms with Gasteiger partial charge in [0.1, 0.15) is 0 Å². The molecule has 0 aliphatic carbocycles. The molecule has 6 heteroatoms. The molecule has 2 unspecified atom stereocenters. The fraction of sp³-hybridized carbons (Fsp3) is 0.931. The number of ether oxygens (including phenoxy) is 1. The molecular formula is C58H113NO5. The van der Waals surface area contributed by atoms with Gasteiger partial charge < -0.3 is 20.3 Å². The smallest absolute Gasteiger partial charge is 0.305 e. The number of hydrogen-bond donors (Lipinski definition) is 3. The third-order valence-corrected chi connectivity index (χ3v) is 13.6. The highest BCUT2D eigenvalue weighted by atomic mass is 16.5. The molecule has 0 aliphatic rings. The van der Waals surface area contributed by atoms with Gasteiger partial charge in [0, 0.05) is 12.8 Å². The molecule has 64 heavy (non-hydrogen) atoms. The fourth-order valence-electron chi connectivity index (χ4n) is 9.11. The Balaban J connectivity index is 3.49. The molecule has 0 rings (SSSR count). The molecule has 0 bridgehead atoms. The third-order valence-electron chi connectivity index (χ3n) is 13.6. The van der Waals surface area contributed by atoms with Gasteiger partial charge >= 0.3 is 5.97 Å². The van der Waals surface area contributed by atoms with Gasteiger partial charge in [-0.1, -0.05) is 270 Å². The van der Waals surface area contributed by atoms with Crippen LogP contribution in [-0.2, 0) is 14.3 Å². The van der Waals surface area contributed by atoms with Crippen molar-refractivity contribution < 1.29 is 24.5 Å². The fourth-order valence-corrected chi connectivity index (χ4v) is 9.11. The van der Waals surface area contributed by atoms with Gasteiger partial charge in [0.05, 0.1) is 25.4 Å². The second-order valence-corrected chi connectivity index (χ2v) is 20.0. The van der Waals surface area contributed by atoms with E-state index in [9.17, 15) is 19.8 Å². The summed E-state index contributed by atoms with van der Waals surface area (Å²) in [6.07, 6.45) is 63.5. The summed E-state index contributed by atoms with van der Waals surface area (Å²) in [5, 5.41) is 23.3. The van der Waals surface area contributed by atoms with Gasteiger partial charge in [-0.2, -0.15) is 0 Å². The Kier molecular flexibility index (Phi) is 53.0. The number of allylic oxidation sites excluding steroid dienone is 2. The Morgan fingerprint density at radius 2 is 0.734 bits per heavy atom. The van der Waals surface area contributed by atoms with Crippen molar-refractivity contribution in [3.63, 3.8) is 0 Å². The van der Waals surface area contributed by atoms with E-state index < -0.39 is 12.1 Å². The van der Waals surface area contributed by atoms with Crippen LogP contribution in [0.5, 0.6) is 0 Å². The minimum Gasteiger partial charge on any atom is -0.466 e. The zero-order valence-electron chi connectivity index (χ0n) is 43.3. The van der Waals surface area contributed by atoms with E-state index in [0.29, 0.717) is 25.9 Å². The average Bonchev–Trinajstić information content (AvgIpc) is 3.29. The number of carbonyl (C=O) groups excluding carboxylic acids is 2. The molecule has 380 valence electrons. The maximum absolute atomic E-state index is 12.5. The van der Waals surface area contributed by atoms with Gasteiger partial charge in [0.25, 0.3) is 0 Å². The molecule has 1 amide bonds. The summed E-state index contributed by atoms with van der Waals surface area (Å²) in [4.78, 5) is 24.5. The van der Waals surface area contributed by atoms with E-state index in [4.69, 9.17) is 4.74 Å². The third kappa shape index (κ3) is 50.0. The van der Waals surface area contributed by atoms with Crippen molar-refractivity contribution in [2.75, 3.05) is 13.2 Å². The first-order valence-electron chi connectivity index (χ1n) is 28.9. The van der Waals surface area contributed by atoms with E-state index in [1.165, 1.54) is 212 Å². The van der Waals surface area contributed by atoms with Gasteiger partial charge in [-0.15, -0.1) is 0 Å². The summed E-state index contributed by atoms with van der Waals surface area (Å²) in [5.41, 5.74) is 0. The number of carbonyl (C=O) groups is 2. The predicted octanol–water partition coefficient (Wildman–Crippen LogP) is 17.7. The standard InChI is InChI=1S/C58H113NO5/c1-3-5-7-9-11-13-15-17-19-21-22-23-24-25-26-28-30-34-38-42-46-50-56(61)55(54-60)59-57(62)51-47-43-39-35-32-33-37-41-45-49-53-64-58(63)52-48-44-40-36-31-29-27-20-18-16-14-12-10-8-6-4-2/h33,37,55-56,60-61H,3-32,34-36,38-54H2,1-2H3,(H,59,62)/b37-33-. The van der Waals surface area contributed by atoms with Crippen molar-refractivity contribution in [1.29, 1.82) is 0 Å². The summed E-state index contributed by atoms with van der Waals surface area (Å²) in [6.45, 7) is 4.89. The second-order valence-electron chi connectivity index (χ2n) is 20.0. The molecule has 0 radical (unpaired) electrons. The number of aliphatic hydroxyl groups is 2. The van der Waals surface area contributed by atoms with Crippen LogP contribution in [-0.4, -0.2) is 47.4 Å². The predicted molar refractivity (Wildman–Crippen MR) is 278 cm³/mol. The number of aliphatic hydroxyl groups excluding tert-OH is 2. The van der Waals surface area contributed by atoms with Crippen LogP contribution in [0.25, 0.3) is 0 Å². The Morgan fingerprint density at radius 1 is 0.422 bits per heavy atom. The van der Waals surface area contributed by atoms with E-state index in [2.05, 4.69) is 31.3 Å². The highest BCUT2D eigenvalue weighted by Gasteiger charge is 2.20. The van der Waals surface area contributed by atoms with Crippen LogP contribution in [0.3, 0.4) is 0 Å². The van der Waals surface area contributed by atoms with Gasteiger partial charge in [0.15, 0.2) is 0 Å². The molecule has 0 heterocycles. The van der Waals surface area contributed by atoms with Crippen molar-refractivity contribution in [3.8, 4) is 0 Å². The second kappa shape index (κ2) is 54.2. The lowest BCUT2D eigenvalue weighted by Crippen LogP contribution is -2.45. The zero-order valence-corrected chi connectivity index (χ0v) is 43.3. The maximum atomic E-state index is 12.5. The summed E-state index contributed by atoms with van der Waals surface area (Å²) < 4.78 is 5.45. The van der Waals surface area contributed by atoms with Gasteiger partial charge in [-0.05, 0) is 51.4 Å². The number of hydrogen-bond acceptors (Lipinski definition) is 5. The van der Waals surface area contributed by atoms with Crippen LogP contribution in [0.4, 0.5) is 0 Å². The molecule has 0 fully saturated rings. The van der Waals surface area contributed by atoms with E-state index in [0.717, 1.165) is 77.0 Å². The van der Waals surface area contributed by atoms with Gasteiger partial charge in [-0.25, -0.2) is 0 Å². The summed E-state index contributed by atoms with van der Waals surface area (Å²) in [7, 11) is 0. The Hall–Kier alpha value is -1.40. The Morgan fingerprint density at radius 3 is 1.11 bits per heavy atom. The van der Waals surface area contributed by atoms with E-state index >= 15 is 0 Å². The average molecular weight is 905 g/mol. The molecule has 0 aromatic carbocycles. The van der Waals surface area contributed by atoms with Crippen molar-refractivity contribution >= 4 is 11.9 Å². The van der Waals surface area contributed by atoms with Crippen LogP contribution in [0.2, 0.25) is 0 Å². The van der Waals surface area contributed by atoms with Gasteiger partial charge in [0.2, 0.25) is 5.91 Å². The topological polar surface area (TPSA) is 95.9 Å². The molecule has 0 aromatic heterocycles. The molecule has 0 aromatic rings. The van der Waals surface area contributed by atoms with E-state index in [1.807, 2.05) is 0 Å². The van der Waals surface area contributed by atoms with Crippen LogP contribution in [0.15, 0.2) is 12.2 Å². The molecule has 0 spiro atoms. The first-order chi connectivity index (χ1) is 31.5. The maximum Gasteiger partial charge on any atom is 0.305 e. The van der Waals surface area contributed by atoms with Crippen LogP contribution < -0.4 is 5.32 Å². The zero-order chi connectivity index (χ0) is 46.5. The quantitative estimate of drug-likeness (QED) is 0.0321. The number of unbranched alkanes of at least 4 members (excludes halogenated alkanes) is 41. The normalized spacial score (nSPS) is 12.6. The van der Waals surface area contributed by atoms with E-state index in [-0.39, 0.29) is 18.5 Å². The molecule has 6 nitrogen and oxygen atoms in total. The van der Waals surface area contributed by atoms with Crippen LogP contribution >= 0.6 is 0 Å². The highest BCUT2D eigenvalue weighted by molar-refractivity contribution is 5.76. The largest absolute Gasteiger partial charge is 0.466 e. The molecule has 0 aliphatic heterocycles. The monoisotopic (exact) mass is 904 g/mol. The number of rotatable bonds is 54. The van der Waals surface area contributed by atoms with Crippen molar-refractivity contribution in [3.05, 3.63) is 12.2 Å². The minimum atomic E-state index is -0.686. The van der Waals surface area contributed by atoms with Crippen molar-refractivity contribution in [2.45, 2.75) is 334 Å². The number of esters is 1. The number of nitrogens with one attached hydrogen (secondary N) is 1. The van der Waals surface area contributed by atoms with Crippen molar-refractivity contribution in [1.82, 2.24) is 5.32 Å². The SMILES string of the molecule is CCCCCCCCCCCCCCCCCCCCCCCC(O)C(CO)NC(=O)CCCCCC/C=C\CCCCOC(=O)CCCCCCCCCCCCCCCCCC. The highest BCUT2D eigenvalue weighted by Crippen LogP contribution is 2.18. The lowest BCUT2D eigenvalue weighted by atomic mass is 10.0. The lowest BCUT2D eigenvalue weighted by molar-refractivity contribution is -0.143. The van der Waals surface area contributed by atoms with Crippen molar-refractivity contribution in [2.24, 2.45) is 0 Å². The molecule has 2 atom stereocenters. The van der Waals surface area contributed by atoms with Crippen LogP contribution in [0, 0.1) is 0 Å². The minimum absolute atomic E-state index is 0.0318. The summed E-state index contributed by atoms with van der Waals surface area (Å²) in [6, 6.07) is -0.566. The van der Waals surface area contributed by atoms with Gasteiger partial charge in [-0.3, -0.25) is 9.59 Å². The van der Waals surface area contributed by atoms with E-state index in [1.54, 1.807) is 0 Å².